The second kappa shape index (κ2) is 9.96. The number of fused-ring (bicyclic) bond motifs is 2. The Balaban J connectivity index is 1.35. The van der Waals surface area contributed by atoms with Crippen molar-refractivity contribution < 1.29 is 19.3 Å². The minimum atomic E-state index is -0.306. The number of nitrogens with one attached hydrogen (secondary N) is 2. The molecule has 4 aromatic rings. The number of aromatic nitrogens is 4. The number of likely N-dealkylation sites (tertiary alicyclic amines) is 1. The van der Waals surface area contributed by atoms with Gasteiger partial charge in [-0.25, -0.2) is 15.0 Å². The van der Waals surface area contributed by atoms with Crippen LogP contribution < -0.4 is 25.1 Å². The van der Waals surface area contributed by atoms with Crippen LogP contribution in [0.4, 0.5) is 11.9 Å². The first kappa shape index (κ1) is 23.8. The molecule has 1 fully saturated rings. The number of β-amino-alcohol motifs (C(OH)–C–C–N with tert-alkyl or cyclic N) is 1. The third-order valence-electron chi connectivity index (χ3n) is 6.22. The predicted octanol–water partition coefficient (Wildman–Crippen LogP) is 2.38. The molecule has 0 bridgehead atoms. The Morgan fingerprint density at radius 3 is 2.64 bits per heavy atom. The molecule has 0 spiro atoms. The van der Waals surface area contributed by atoms with Crippen LogP contribution in [0.1, 0.15) is 12.1 Å². The highest BCUT2D eigenvalue weighted by Crippen LogP contribution is 2.33. The lowest BCUT2D eigenvalue weighted by molar-refractivity contribution is 0.167. The molecule has 1 aliphatic heterocycles. The summed E-state index contributed by atoms with van der Waals surface area (Å²) < 4.78 is 16.6. The minimum Gasteiger partial charge on any atom is -0.493 e. The molecule has 0 radical (unpaired) electrons. The molecule has 188 valence electrons. The zero-order chi connectivity index (χ0) is 25.2. The van der Waals surface area contributed by atoms with Crippen LogP contribution in [-0.2, 0) is 0 Å². The van der Waals surface area contributed by atoms with E-state index in [1.54, 1.807) is 38.5 Å². The van der Waals surface area contributed by atoms with Crippen molar-refractivity contribution in [3.8, 4) is 17.2 Å². The number of methoxy groups -OCH3 is 2. The first-order chi connectivity index (χ1) is 17.4. The predicted molar refractivity (Wildman–Crippen MR) is 136 cm³/mol. The highest BCUT2D eigenvalue weighted by atomic mass is 16.5. The van der Waals surface area contributed by atoms with E-state index in [2.05, 4.69) is 30.2 Å². The van der Waals surface area contributed by atoms with Crippen LogP contribution in [0.15, 0.2) is 35.1 Å². The number of ether oxygens (including phenoxy) is 3. The summed E-state index contributed by atoms with van der Waals surface area (Å²) in [4.78, 5) is 31.3. The van der Waals surface area contributed by atoms with Crippen molar-refractivity contribution in [2.75, 3.05) is 45.8 Å². The number of nitrogens with zero attached hydrogens (tertiary/aromatic N) is 4. The Hall–Kier alpha value is -3.96. The summed E-state index contributed by atoms with van der Waals surface area (Å²) >= 11 is 0. The summed E-state index contributed by atoms with van der Waals surface area (Å²) in [6.07, 6.45) is 0.536. The molecule has 11 heteroatoms. The van der Waals surface area contributed by atoms with Gasteiger partial charge in [-0.2, -0.15) is 0 Å². The van der Waals surface area contributed by atoms with Gasteiger partial charge in [0.05, 0.1) is 42.4 Å². The van der Waals surface area contributed by atoms with Crippen molar-refractivity contribution >= 4 is 33.7 Å². The van der Waals surface area contributed by atoms with Crippen molar-refractivity contribution in [1.29, 1.82) is 0 Å². The van der Waals surface area contributed by atoms with E-state index < -0.39 is 0 Å². The normalized spacial score (nSPS) is 15.9. The monoisotopic (exact) mass is 492 g/mol. The second-order valence-electron chi connectivity index (χ2n) is 8.67. The van der Waals surface area contributed by atoms with Crippen LogP contribution in [0.3, 0.4) is 0 Å². The van der Waals surface area contributed by atoms with Crippen LogP contribution in [0, 0.1) is 6.92 Å². The Labute approximate surface area is 207 Å². The molecule has 1 atom stereocenters. The SMILES string of the molecule is COc1cc2nc(Nc3nc4ccc(OCCN5CCC(O)C5)cc4c(=O)[nH]3)nc(C)c2cc1OC. The highest BCUT2D eigenvalue weighted by molar-refractivity contribution is 5.86. The number of aliphatic hydroxyl groups is 1. The Morgan fingerprint density at radius 2 is 1.89 bits per heavy atom. The van der Waals surface area contributed by atoms with E-state index in [9.17, 15) is 9.90 Å². The zero-order valence-corrected chi connectivity index (χ0v) is 20.4. The number of anilines is 2. The van der Waals surface area contributed by atoms with Gasteiger partial charge in [0.2, 0.25) is 11.9 Å². The van der Waals surface area contributed by atoms with Crippen molar-refractivity contribution in [1.82, 2.24) is 24.8 Å². The van der Waals surface area contributed by atoms with Gasteiger partial charge < -0.3 is 19.3 Å². The lowest BCUT2D eigenvalue weighted by Crippen LogP contribution is -2.27. The lowest BCUT2D eigenvalue weighted by atomic mass is 10.1. The maximum absolute atomic E-state index is 12.8. The largest absolute Gasteiger partial charge is 0.493 e. The van der Waals surface area contributed by atoms with Gasteiger partial charge in [0.15, 0.2) is 11.5 Å². The van der Waals surface area contributed by atoms with Crippen molar-refractivity contribution in [3.05, 3.63) is 46.4 Å². The molecular formula is C25H28N6O5. The van der Waals surface area contributed by atoms with Crippen molar-refractivity contribution in [3.63, 3.8) is 0 Å². The molecule has 1 aliphatic rings. The third kappa shape index (κ3) is 4.88. The molecule has 1 saturated heterocycles. The van der Waals surface area contributed by atoms with Crippen LogP contribution in [0.5, 0.6) is 17.2 Å². The standard InChI is InChI=1S/C25H28N6O5/c1-14-17-11-21(34-2)22(35-3)12-20(17)28-24(26-14)30-25-27-19-5-4-16(10-18(19)23(33)29-25)36-9-8-31-7-6-15(32)13-31/h4-5,10-12,15,32H,6-9,13H2,1-3H3,(H2,26,27,28,29,30,33). The summed E-state index contributed by atoms with van der Waals surface area (Å²) in [5.74, 6) is 2.27. The molecular weight excluding hydrogens is 464 g/mol. The average molecular weight is 493 g/mol. The number of aromatic amines is 1. The van der Waals surface area contributed by atoms with Crippen molar-refractivity contribution in [2.24, 2.45) is 0 Å². The topological polar surface area (TPSA) is 135 Å². The number of hydrogen-bond donors (Lipinski definition) is 3. The fourth-order valence-electron chi connectivity index (χ4n) is 4.35. The number of H-pyrrole nitrogens is 1. The molecule has 3 heterocycles. The van der Waals surface area contributed by atoms with E-state index >= 15 is 0 Å². The molecule has 3 N–H and O–H groups in total. The molecule has 0 amide bonds. The van der Waals surface area contributed by atoms with Gasteiger partial charge in [0.25, 0.3) is 5.56 Å². The van der Waals surface area contributed by atoms with Gasteiger partial charge in [-0.15, -0.1) is 0 Å². The van der Waals surface area contributed by atoms with Crippen LogP contribution >= 0.6 is 0 Å². The van der Waals surface area contributed by atoms with Gasteiger partial charge in [0.1, 0.15) is 12.4 Å². The molecule has 5 rings (SSSR count). The van der Waals surface area contributed by atoms with E-state index in [1.165, 1.54) is 0 Å². The highest BCUT2D eigenvalue weighted by Gasteiger charge is 2.19. The van der Waals surface area contributed by atoms with E-state index in [4.69, 9.17) is 14.2 Å². The molecule has 36 heavy (non-hydrogen) atoms. The van der Waals surface area contributed by atoms with Crippen molar-refractivity contribution in [2.45, 2.75) is 19.4 Å². The maximum atomic E-state index is 12.8. The fourth-order valence-corrected chi connectivity index (χ4v) is 4.35. The van der Waals surface area contributed by atoms with Gasteiger partial charge in [-0.05, 0) is 37.6 Å². The Kier molecular flexibility index (Phi) is 6.57. The number of benzene rings is 2. The maximum Gasteiger partial charge on any atom is 0.260 e. The molecule has 2 aromatic carbocycles. The molecule has 1 unspecified atom stereocenters. The van der Waals surface area contributed by atoms with E-state index in [-0.39, 0.29) is 17.6 Å². The molecule has 11 nitrogen and oxygen atoms in total. The van der Waals surface area contributed by atoms with Gasteiger partial charge in [0, 0.05) is 31.1 Å². The summed E-state index contributed by atoms with van der Waals surface area (Å²) in [6.45, 7) is 4.59. The number of hydrogen-bond acceptors (Lipinski definition) is 10. The van der Waals surface area contributed by atoms with Gasteiger partial charge in [-0.1, -0.05) is 0 Å². The Morgan fingerprint density at radius 1 is 1.08 bits per heavy atom. The molecule has 0 aliphatic carbocycles. The quantitative estimate of drug-likeness (QED) is 0.336. The molecule has 2 aromatic heterocycles. The van der Waals surface area contributed by atoms with Gasteiger partial charge in [-0.3, -0.25) is 20.0 Å². The van der Waals surface area contributed by atoms with Crippen LogP contribution in [0.2, 0.25) is 0 Å². The number of aryl methyl sites for hydroxylation is 1. The summed E-state index contributed by atoms with van der Waals surface area (Å²) in [5, 5.41) is 13.9. The smallest absolute Gasteiger partial charge is 0.260 e. The first-order valence-electron chi connectivity index (χ1n) is 11.7. The average Bonchev–Trinajstić information content (AvgIpc) is 3.28. The summed E-state index contributed by atoms with van der Waals surface area (Å²) in [7, 11) is 3.14. The van der Waals surface area contributed by atoms with E-state index in [0.717, 1.165) is 30.6 Å². The summed E-state index contributed by atoms with van der Waals surface area (Å²) in [6, 6.07) is 8.82. The second-order valence-corrected chi connectivity index (χ2v) is 8.67. The first-order valence-corrected chi connectivity index (χ1v) is 11.7. The minimum absolute atomic E-state index is 0.230. The number of rotatable bonds is 8. The lowest BCUT2D eigenvalue weighted by Gasteiger charge is -2.15. The van der Waals surface area contributed by atoms with Gasteiger partial charge >= 0.3 is 0 Å². The van der Waals surface area contributed by atoms with Crippen LogP contribution in [0.25, 0.3) is 21.8 Å². The third-order valence-corrected chi connectivity index (χ3v) is 6.22. The van der Waals surface area contributed by atoms with Crippen LogP contribution in [-0.4, -0.2) is 76.5 Å². The summed E-state index contributed by atoms with van der Waals surface area (Å²) in [5.41, 5.74) is 1.60. The molecule has 0 saturated carbocycles. The number of aliphatic hydroxyl groups excluding tert-OH is 1. The van der Waals surface area contributed by atoms with E-state index in [1.807, 2.05) is 13.0 Å². The van der Waals surface area contributed by atoms with E-state index in [0.29, 0.717) is 52.8 Å². The fraction of sp³-hybridized carbons (Fsp3) is 0.360. The zero-order valence-electron chi connectivity index (χ0n) is 20.4. The Bertz CT molecular complexity index is 1470.